The van der Waals surface area contributed by atoms with Gasteiger partial charge in [-0.25, -0.2) is 0 Å². The number of hydrogen-bond acceptors (Lipinski definition) is 2. The van der Waals surface area contributed by atoms with Crippen LogP contribution in [0, 0.1) is 6.92 Å². The fraction of sp³-hybridized carbons (Fsp3) is 0.250. The van der Waals surface area contributed by atoms with Crippen molar-refractivity contribution in [3.05, 3.63) is 36.2 Å². The van der Waals surface area contributed by atoms with Crippen LogP contribution in [0.4, 0.5) is 0 Å². The molecule has 0 aliphatic heterocycles. The average molecular weight is 218 g/mol. The number of rotatable bonds is 2. The van der Waals surface area contributed by atoms with E-state index in [1.54, 1.807) is 11.8 Å². The van der Waals surface area contributed by atoms with Gasteiger partial charge >= 0.3 is 0 Å². The summed E-state index contributed by atoms with van der Waals surface area (Å²) in [6.45, 7) is 2.14. The Morgan fingerprint density at radius 2 is 2.07 bits per heavy atom. The summed E-state index contributed by atoms with van der Waals surface area (Å²) in [7, 11) is 1.94. The lowest BCUT2D eigenvalue weighted by atomic mass is 10.1. The number of aryl methyl sites for hydroxylation is 2. The van der Waals surface area contributed by atoms with E-state index in [0.717, 1.165) is 0 Å². The van der Waals surface area contributed by atoms with Crippen molar-refractivity contribution >= 4 is 11.8 Å². The molecule has 1 aromatic heterocycles. The van der Waals surface area contributed by atoms with Gasteiger partial charge in [-0.15, -0.1) is 11.8 Å². The molecule has 0 aliphatic rings. The van der Waals surface area contributed by atoms with Crippen LogP contribution in [-0.2, 0) is 7.05 Å². The maximum atomic E-state index is 4.18. The van der Waals surface area contributed by atoms with Crippen molar-refractivity contribution in [2.75, 3.05) is 6.26 Å². The largest absolute Gasteiger partial charge is 0.275 e. The molecule has 0 aliphatic carbocycles. The molecule has 0 saturated heterocycles. The number of benzene rings is 1. The number of hydrogen-bond donors (Lipinski definition) is 0. The summed E-state index contributed by atoms with van der Waals surface area (Å²) in [6, 6.07) is 6.53. The van der Waals surface area contributed by atoms with Crippen LogP contribution in [0.1, 0.15) is 5.56 Å². The van der Waals surface area contributed by atoms with Crippen LogP contribution in [0.5, 0.6) is 0 Å². The first-order valence-corrected chi connectivity index (χ1v) is 6.07. The molecule has 0 amide bonds. The van der Waals surface area contributed by atoms with Crippen molar-refractivity contribution < 1.29 is 0 Å². The molecule has 0 unspecified atom stereocenters. The molecule has 0 atom stereocenters. The Bertz CT molecular complexity index is 474. The van der Waals surface area contributed by atoms with Gasteiger partial charge in [0, 0.05) is 23.7 Å². The Kier molecular flexibility index (Phi) is 2.82. The van der Waals surface area contributed by atoms with E-state index in [9.17, 15) is 0 Å². The van der Waals surface area contributed by atoms with E-state index in [0.29, 0.717) is 0 Å². The predicted octanol–water partition coefficient (Wildman–Crippen LogP) is 3.12. The molecule has 0 spiro atoms. The van der Waals surface area contributed by atoms with Crippen LogP contribution >= 0.6 is 11.8 Å². The van der Waals surface area contributed by atoms with Crippen LogP contribution in [0.15, 0.2) is 35.5 Å². The summed E-state index contributed by atoms with van der Waals surface area (Å²) >= 11 is 1.78. The second-order valence-corrected chi connectivity index (χ2v) is 4.44. The topological polar surface area (TPSA) is 17.8 Å². The maximum absolute atomic E-state index is 4.18. The monoisotopic (exact) mass is 218 g/mol. The van der Waals surface area contributed by atoms with Crippen LogP contribution in [-0.4, -0.2) is 16.0 Å². The van der Waals surface area contributed by atoms with E-state index in [-0.39, 0.29) is 0 Å². The first kappa shape index (κ1) is 10.3. The van der Waals surface area contributed by atoms with E-state index in [1.165, 1.54) is 21.6 Å². The lowest BCUT2D eigenvalue weighted by Gasteiger charge is -2.04. The highest BCUT2D eigenvalue weighted by atomic mass is 32.2. The van der Waals surface area contributed by atoms with Gasteiger partial charge in [-0.05, 0) is 30.4 Å². The zero-order valence-corrected chi connectivity index (χ0v) is 10.0. The van der Waals surface area contributed by atoms with Gasteiger partial charge < -0.3 is 0 Å². The number of nitrogens with zero attached hydrogens (tertiary/aromatic N) is 2. The molecule has 2 nitrogen and oxygen atoms in total. The zero-order valence-electron chi connectivity index (χ0n) is 9.19. The normalized spacial score (nSPS) is 10.6. The van der Waals surface area contributed by atoms with Gasteiger partial charge in [0.2, 0.25) is 0 Å². The fourth-order valence-corrected chi connectivity index (χ4v) is 2.21. The first-order chi connectivity index (χ1) is 7.20. The second kappa shape index (κ2) is 4.11. The molecule has 0 radical (unpaired) electrons. The van der Waals surface area contributed by atoms with Crippen molar-refractivity contribution in [2.24, 2.45) is 7.05 Å². The molecule has 0 bridgehead atoms. The summed E-state index contributed by atoms with van der Waals surface area (Å²) in [5, 5.41) is 4.18. The van der Waals surface area contributed by atoms with Crippen LogP contribution in [0.3, 0.4) is 0 Å². The van der Waals surface area contributed by atoms with E-state index >= 15 is 0 Å². The van der Waals surface area contributed by atoms with Gasteiger partial charge in [0.15, 0.2) is 0 Å². The van der Waals surface area contributed by atoms with Gasteiger partial charge in [0.25, 0.3) is 0 Å². The van der Waals surface area contributed by atoms with E-state index in [2.05, 4.69) is 36.5 Å². The maximum Gasteiger partial charge on any atom is 0.0568 e. The molecule has 0 fully saturated rings. The van der Waals surface area contributed by atoms with E-state index in [1.807, 2.05) is 24.1 Å². The third-order valence-corrected chi connectivity index (χ3v) is 3.33. The lowest BCUT2D eigenvalue weighted by Crippen LogP contribution is -1.84. The summed E-state index contributed by atoms with van der Waals surface area (Å²) < 4.78 is 1.83. The molecule has 3 heteroatoms. The summed E-state index contributed by atoms with van der Waals surface area (Å²) in [6.07, 6.45) is 6.03. The smallest absolute Gasteiger partial charge is 0.0568 e. The van der Waals surface area contributed by atoms with E-state index in [4.69, 9.17) is 0 Å². The highest BCUT2D eigenvalue weighted by Crippen LogP contribution is 2.26. The molecular formula is C12H14N2S. The molecule has 2 aromatic rings. The Hall–Kier alpha value is -1.22. The molecule has 0 N–H and O–H groups in total. The lowest BCUT2D eigenvalue weighted by molar-refractivity contribution is 0.768. The molecule has 1 aromatic carbocycles. The summed E-state index contributed by atoms with van der Waals surface area (Å²) in [5.41, 5.74) is 3.73. The Labute approximate surface area is 94.3 Å². The van der Waals surface area contributed by atoms with Crippen molar-refractivity contribution in [3.63, 3.8) is 0 Å². The van der Waals surface area contributed by atoms with E-state index < -0.39 is 0 Å². The summed E-state index contributed by atoms with van der Waals surface area (Å²) in [4.78, 5) is 1.34. The minimum absolute atomic E-state index is 1.17. The second-order valence-electron chi connectivity index (χ2n) is 3.59. The molecular weight excluding hydrogens is 204 g/mol. The van der Waals surface area contributed by atoms with Crippen molar-refractivity contribution in [1.82, 2.24) is 9.78 Å². The Balaban J connectivity index is 2.42. The SMILES string of the molecule is CSc1ccc(-c2cnn(C)c2)cc1C. The highest BCUT2D eigenvalue weighted by molar-refractivity contribution is 7.98. The van der Waals surface area contributed by atoms with Crippen molar-refractivity contribution in [3.8, 4) is 11.1 Å². The first-order valence-electron chi connectivity index (χ1n) is 4.84. The van der Waals surface area contributed by atoms with Gasteiger partial charge in [0.1, 0.15) is 0 Å². The highest BCUT2D eigenvalue weighted by Gasteiger charge is 2.02. The predicted molar refractivity (Wildman–Crippen MR) is 65.2 cm³/mol. The van der Waals surface area contributed by atoms with Crippen LogP contribution in [0.2, 0.25) is 0 Å². The van der Waals surface area contributed by atoms with Crippen LogP contribution < -0.4 is 0 Å². The Morgan fingerprint density at radius 3 is 2.60 bits per heavy atom. The third-order valence-electron chi connectivity index (χ3n) is 2.43. The molecule has 78 valence electrons. The third kappa shape index (κ3) is 2.07. The van der Waals surface area contributed by atoms with Gasteiger partial charge in [-0.3, -0.25) is 4.68 Å². The molecule has 1 heterocycles. The molecule has 2 rings (SSSR count). The molecule has 0 saturated carbocycles. The Morgan fingerprint density at radius 1 is 1.27 bits per heavy atom. The minimum atomic E-state index is 1.17. The standard InChI is InChI=1S/C12H14N2S/c1-9-6-10(4-5-12(9)15-3)11-7-13-14(2)8-11/h4-8H,1-3H3. The number of thioether (sulfide) groups is 1. The van der Waals surface area contributed by atoms with Gasteiger partial charge in [-0.1, -0.05) is 12.1 Å². The minimum Gasteiger partial charge on any atom is -0.275 e. The van der Waals surface area contributed by atoms with Crippen molar-refractivity contribution in [1.29, 1.82) is 0 Å². The number of aromatic nitrogens is 2. The van der Waals surface area contributed by atoms with Crippen molar-refractivity contribution in [2.45, 2.75) is 11.8 Å². The zero-order chi connectivity index (χ0) is 10.8. The quantitative estimate of drug-likeness (QED) is 0.721. The van der Waals surface area contributed by atoms with Gasteiger partial charge in [0.05, 0.1) is 6.20 Å². The summed E-state index contributed by atoms with van der Waals surface area (Å²) in [5.74, 6) is 0. The van der Waals surface area contributed by atoms with Crippen LogP contribution in [0.25, 0.3) is 11.1 Å². The molecule has 15 heavy (non-hydrogen) atoms. The van der Waals surface area contributed by atoms with Gasteiger partial charge in [-0.2, -0.15) is 5.10 Å². The average Bonchev–Trinajstić information content (AvgIpc) is 2.65. The fourth-order valence-electron chi connectivity index (χ4n) is 1.63.